The maximum Gasteiger partial charge on any atom is 0.322 e. The van der Waals surface area contributed by atoms with E-state index in [1.165, 1.54) is 11.4 Å². The molecule has 110 valence electrons. The standard InChI is InChI=1S/C12H22N2O4S/c1-18-12(15)9-19(16,17)14-7-3-4-10(8-14)11-5-2-6-13-11/h10-11,13H,2-9H2,1H3. The van der Waals surface area contributed by atoms with Crippen molar-refractivity contribution < 1.29 is 17.9 Å². The van der Waals surface area contributed by atoms with Crippen molar-refractivity contribution in [1.29, 1.82) is 0 Å². The van der Waals surface area contributed by atoms with Gasteiger partial charge in [0.1, 0.15) is 0 Å². The van der Waals surface area contributed by atoms with Crippen LogP contribution in [0.3, 0.4) is 0 Å². The maximum atomic E-state index is 12.1. The van der Waals surface area contributed by atoms with Crippen molar-refractivity contribution >= 4 is 16.0 Å². The molecule has 0 aliphatic carbocycles. The summed E-state index contributed by atoms with van der Waals surface area (Å²) in [5, 5.41) is 3.44. The van der Waals surface area contributed by atoms with E-state index in [9.17, 15) is 13.2 Å². The Morgan fingerprint density at radius 2 is 2.16 bits per heavy atom. The van der Waals surface area contributed by atoms with Crippen molar-refractivity contribution in [3.05, 3.63) is 0 Å². The second kappa shape index (κ2) is 6.19. The highest BCUT2D eigenvalue weighted by atomic mass is 32.2. The van der Waals surface area contributed by atoms with Crippen molar-refractivity contribution in [2.75, 3.05) is 32.5 Å². The van der Waals surface area contributed by atoms with Crippen LogP contribution in [0.1, 0.15) is 25.7 Å². The van der Waals surface area contributed by atoms with Gasteiger partial charge in [0.05, 0.1) is 7.11 Å². The van der Waals surface area contributed by atoms with Gasteiger partial charge in [-0.15, -0.1) is 0 Å². The van der Waals surface area contributed by atoms with E-state index in [0.29, 0.717) is 25.0 Å². The van der Waals surface area contributed by atoms with Gasteiger partial charge in [0, 0.05) is 19.1 Å². The lowest BCUT2D eigenvalue weighted by Gasteiger charge is -2.34. The molecular weight excluding hydrogens is 268 g/mol. The molecule has 19 heavy (non-hydrogen) atoms. The summed E-state index contributed by atoms with van der Waals surface area (Å²) in [5.74, 6) is -0.876. The predicted octanol–water partition coefficient (Wildman–Crippen LogP) is -0.0468. The summed E-state index contributed by atoms with van der Waals surface area (Å²) >= 11 is 0. The zero-order valence-corrected chi connectivity index (χ0v) is 12.1. The highest BCUT2D eigenvalue weighted by Gasteiger charge is 2.34. The van der Waals surface area contributed by atoms with E-state index >= 15 is 0 Å². The van der Waals surface area contributed by atoms with E-state index < -0.39 is 21.7 Å². The molecule has 0 aromatic heterocycles. The number of ether oxygens (including phenoxy) is 1. The van der Waals surface area contributed by atoms with Gasteiger partial charge in [0.25, 0.3) is 0 Å². The largest absolute Gasteiger partial charge is 0.468 e. The fourth-order valence-electron chi connectivity index (χ4n) is 2.97. The molecule has 1 N–H and O–H groups in total. The highest BCUT2D eigenvalue weighted by molar-refractivity contribution is 7.89. The number of carbonyl (C=O) groups excluding carboxylic acids is 1. The number of sulfonamides is 1. The molecule has 2 rings (SSSR count). The van der Waals surface area contributed by atoms with Crippen LogP contribution in [0.2, 0.25) is 0 Å². The molecule has 2 unspecified atom stereocenters. The summed E-state index contributed by atoms with van der Waals surface area (Å²) in [5.41, 5.74) is 0. The molecule has 2 aliphatic rings. The maximum absolute atomic E-state index is 12.1. The van der Waals surface area contributed by atoms with Crippen LogP contribution in [0, 0.1) is 5.92 Å². The van der Waals surface area contributed by atoms with E-state index in [2.05, 4.69) is 10.1 Å². The third kappa shape index (κ3) is 3.67. The van der Waals surface area contributed by atoms with E-state index in [4.69, 9.17) is 0 Å². The van der Waals surface area contributed by atoms with Gasteiger partial charge in [-0.05, 0) is 38.1 Å². The summed E-state index contributed by atoms with van der Waals surface area (Å²) in [6, 6.07) is 0.427. The lowest BCUT2D eigenvalue weighted by Crippen LogP contribution is -2.47. The SMILES string of the molecule is COC(=O)CS(=O)(=O)N1CCCC(C2CCCN2)C1. The summed E-state index contributed by atoms with van der Waals surface area (Å²) in [6.07, 6.45) is 4.21. The fraction of sp³-hybridized carbons (Fsp3) is 0.917. The molecule has 0 spiro atoms. The Morgan fingerprint density at radius 3 is 2.79 bits per heavy atom. The number of piperidine rings is 1. The van der Waals surface area contributed by atoms with E-state index in [0.717, 1.165) is 32.2 Å². The monoisotopic (exact) mass is 290 g/mol. The van der Waals surface area contributed by atoms with Crippen LogP contribution in [0.4, 0.5) is 0 Å². The quantitative estimate of drug-likeness (QED) is 0.735. The number of methoxy groups -OCH3 is 1. The van der Waals surface area contributed by atoms with Crippen molar-refractivity contribution in [2.45, 2.75) is 31.7 Å². The van der Waals surface area contributed by atoms with Gasteiger partial charge in [-0.1, -0.05) is 0 Å². The number of esters is 1. The van der Waals surface area contributed by atoms with E-state index in [1.54, 1.807) is 0 Å². The minimum Gasteiger partial charge on any atom is -0.468 e. The number of hydrogen-bond donors (Lipinski definition) is 1. The molecule has 0 bridgehead atoms. The van der Waals surface area contributed by atoms with Crippen molar-refractivity contribution in [1.82, 2.24) is 9.62 Å². The molecule has 2 fully saturated rings. The number of carbonyl (C=O) groups is 1. The van der Waals surface area contributed by atoms with Gasteiger partial charge in [0.15, 0.2) is 5.75 Å². The first-order valence-electron chi connectivity index (χ1n) is 6.81. The molecule has 0 saturated carbocycles. The highest BCUT2D eigenvalue weighted by Crippen LogP contribution is 2.26. The van der Waals surface area contributed by atoms with Gasteiger partial charge >= 0.3 is 5.97 Å². The zero-order chi connectivity index (χ0) is 13.9. The van der Waals surface area contributed by atoms with Gasteiger partial charge < -0.3 is 10.1 Å². The van der Waals surface area contributed by atoms with E-state index in [1.807, 2.05) is 0 Å². The molecule has 0 aromatic carbocycles. The lowest BCUT2D eigenvalue weighted by molar-refractivity contribution is -0.137. The first kappa shape index (κ1) is 14.7. The predicted molar refractivity (Wildman–Crippen MR) is 71.1 cm³/mol. The number of nitrogens with zero attached hydrogens (tertiary/aromatic N) is 1. The smallest absolute Gasteiger partial charge is 0.322 e. The molecule has 0 radical (unpaired) electrons. The second-order valence-electron chi connectivity index (χ2n) is 5.30. The lowest BCUT2D eigenvalue weighted by atomic mass is 9.91. The third-order valence-corrected chi connectivity index (χ3v) is 5.73. The van der Waals surface area contributed by atoms with Crippen molar-refractivity contribution in [3.8, 4) is 0 Å². The molecule has 2 heterocycles. The second-order valence-corrected chi connectivity index (χ2v) is 7.26. The molecule has 6 nitrogen and oxygen atoms in total. The topological polar surface area (TPSA) is 75.7 Å². The average molecular weight is 290 g/mol. The van der Waals surface area contributed by atoms with Crippen LogP contribution >= 0.6 is 0 Å². The Bertz CT molecular complexity index is 417. The molecule has 0 amide bonds. The molecular formula is C12H22N2O4S. The van der Waals surface area contributed by atoms with Crippen LogP contribution in [0.5, 0.6) is 0 Å². The van der Waals surface area contributed by atoms with E-state index in [-0.39, 0.29) is 0 Å². The number of rotatable bonds is 4. The minimum atomic E-state index is -3.53. The first-order chi connectivity index (χ1) is 9.03. The van der Waals surface area contributed by atoms with Crippen molar-refractivity contribution in [2.24, 2.45) is 5.92 Å². The Balaban J connectivity index is 1.97. The average Bonchev–Trinajstić information content (AvgIpc) is 2.92. The van der Waals surface area contributed by atoms with Crippen molar-refractivity contribution in [3.63, 3.8) is 0 Å². The van der Waals surface area contributed by atoms with Crippen LogP contribution in [0.15, 0.2) is 0 Å². The molecule has 7 heteroatoms. The summed E-state index contributed by atoms with van der Waals surface area (Å²) < 4.78 is 30.1. The normalized spacial score (nSPS) is 29.3. The van der Waals surface area contributed by atoms with Crippen LogP contribution in [-0.2, 0) is 19.6 Å². The Hall–Kier alpha value is -0.660. The van der Waals surface area contributed by atoms with Gasteiger partial charge in [-0.25, -0.2) is 12.7 Å². The van der Waals surface area contributed by atoms with Gasteiger partial charge in [0.2, 0.25) is 10.0 Å². The first-order valence-corrected chi connectivity index (χ1v) is 8.42. The fourth-order valence-corrected chi connectivity index (χ4v) is 4.39. The van der Waals surface area contributed by atoms with Crippen LogP contribution in [0.25, 0.3) is 0 Å². The van der Waals surface area contributed by atoms with Crippen LogP contribution in [-0.4, -0.2) is 57.2 Å². The molecule has 2 saturated heterocycles. The van der Waals surface area contributed by atoms with Gasteiger partial charge in [-0.2, -0.15) is 0 Å². The zero-order valence-electron chi connectivity index (χ0n) is 11.3. The van der Waals surface area contributed by atoms with Gasteiger partial charge in [-0.3, -0.25) is 4.79 Å². The summed E-state index contributed by atoms with van der Waals surface area (Å²) in [4.78, 5) is 11.2. The van der Waals surface area contributed by atoms with Crippen LogP contribution < -0.4 is 5.32 Å². The molecule has 2 atom stereocenters. The minimum absolute atomic E-state index is 0.365. The number of nitrogens with one attached hydrogen (secondary N) is 1. The third-order valence-electron chi connectivity index (χ3n) is 4.01. The molecule has 2 aliphatic heterocycles. The Labute approximate surface area is 114 Å². The Kier molecular flexibility index (Phi) is 4.81. The number of hydrogen-bond acceptors (Lipinski definition) is 5. The Morgan fingerprint density at radius 1 is 1.37 bits per heavy atom. The summed E-state index contributed by atoms with van der Waals surface area (Å²) in [6.45, 7) is 2.07. The molecule has 0 aromatic rings. The summed E-state index contributed by atoms with van der Waals surface area (Å²) in [7, 11) is -2.32.